The van der Waals surface area contributed by atoms with E-state index in [9.17, 15) is 4.79 Å². The zero-order valence-corrected chi connectivity index (χ0v) is 16.5. The Labute approximate surface area is 172 Å². The molecular formula is C25H19NO2S. The largest absolute Gasteiger partial charge is 0.423 e. The Balaban J connectivity index is 1.59. The standard InChI is InChI=1S/C25H19NO2S/c27-23-15-19(24-20-10-5-4-7-17(20)12-13-21(24)28-23)16-26-25(22-11-6-14-29-22)18-8-2-1-3-9-18/h1-15,25-26H,16H2/t25-/m1/s1. The summed E-state index contributed by atoms with van der Waals surface area (Å²) in [6.07, 6.45) is 0. The summed E-state index contributed by atoms with van der Waals surface area (Å²) < 4.78 is 5.49. The molecule has 0 aliphatic rings. The molecule has 4 heteroatoms. The lowest BCUT2D eigenvalue weighted by molar-refractivity contribution is 0.554. The van der Waals surface area contributed by atoms with Crippen molar-refractivity contribution in [2.24, 2.45) is 0 Å². The summed E-state index contributed by atoms with van der Waals surface area (Å²) in [6, 6.07) is 28.3. The van der Waals surface area contributed by atoms with Crippen LogP contribution in [0.25, 0.3) is 21.7 Å². The normalized spacial score (nSPS) is 12.4. The summed E-state index contributed by atoms with van der Waals surface area (Å²) in [7, 11) is 0. The molecule has 1 atom stereocenters. The third kappa shape index (κ3) is 3.48. The molecule has 2 heterocycles. The van der Waals surface area contributed by atoms with E-state index in [2.05, 4.69) is 59.2 Å². The van der Waals surface area contributed by atoms with Crippen molar-refractivity contribution < 1.29 is 4.42 Å². The highest BCUT2D eigenvalue weighted by atomic mass is 32.1. The molecule has 0 aliphatic heterocycles. The van der Waals surface area contributed by atoms with Crippen LogP contribution < -0.4 is 10.9 Å². The van der Waals surface area contributed by atoms with E-state index in [-0.39, 0.29) is 11.7 Å². The topological polar surface area (TPSA) is 42.2 Å². The minimum absolute atomic E-state index is 0.0634. The average molecular weight is 397 g/mol. The van der Waals surface area contributed by atoms with Crippen molar-refractivity contribution in [3.8, 4) is 0 Å². The van der Waals surface area contributed by atoms with Crippen molar-refractivity contribution in [3.05, 3.63) is 117 Å². The number of fused-ring (bicyclic) bond motifs is 3. The van der Waals surface area contributed by atoms with Crippen LogP contribution in [-0.2, 0) is 6.54 Å². The van der Waals surface area contributed by atoms with Crippen LogP contribution in [0.2, 0.25) is 0 Å². The first kappa shape index (κ1) is 17.9. The Bertz CT molecular complexity index is 1320. The molecule has 0 unspecified atom stereocenters. The zero-order valence-electron chi connectivity index (χ0n) is 15.7. The van der Waals surface area contributed by atoms with Gasteiger partial charge in [-0.15, -0.1) is 11.3 Å². The van der Waals surface area contributed by atoms with Gasteiger partial charge < -0.3 is 9.73 Å². The van der Waals surface area contributed by atoms with Crippen LogP contribution in [0.3, 0.4) is 0 Å². The molecular weight excluding hydrogens is 378 g/mol. The van der Waals surface area contributed by atoms with Gasteiger partial charge in [0.05, 0.1) is 6.04 Å². The van der Waals surface area contributed by atoms with Crippen LogP contribution in [0.1, 0.15) is 22.0 Å². The molecule has 0 spiro atoms. The number of rotatable bonds is 5. The molecule has 0 saturated carbocycles. The smallest absolute Gasteiger partial charge is 0.336 e. The van der Waals surface area contributed by atoms with Crippen LogP contribution in [0, 0.1) is 0 Å². The zero-order chi connectivity index (χ0) is 19.6. The van der Waals surface area contributed by atoms with Crippen molar-refractivity contribution in [2.75, 3.05) is 0 Å². The Morgan fingerprint density at radius 1 is 0.897 bits per heavy atom. The Hall–Kier alpha value is -3.21. The highest BCUT2D eigenvalue weighted by molar-refractivity contribution is 7.10. The summed E-state index contributed by atoms with van der Waals surface area (Å²) in [5.41, 5.74) is 2.45. The third-order valence-corrected chi connectivity index (χ3v) is 6.11. The van der Waals surface area contributed by atoms with E-state index >= 15 is 0 Å². The maximum Gasteiger partial charge on any atom is 0.336 e. The van der Waals surface area contributed by atoms with Crippen molar-refractivity contribution in [2.45, 2.75) is 12.6 Å². The minimum Gasteiger partial charge on any atom is -0.423 e. The van der Waals surface area contributed by atoms with E-state index in [1.54, 1.807) is 17.4 Å². The van der Waals surface area contributed by atoms with Gasteiger partial charge >= 0.3 is 5.63 Å². The number of hydrogen-bond acceptors (Lipinski definition) is 4. The van der Waals surface area contributed by atoms with Crippen LogP contribution >= 0.6 is 11.3 Å². The highest BCUT2D eigenvalue weighted by Gasteiger charge is 2.16. The van der Waals surface area contributed by atoms with Gasteiger partial charge in [-0.25, -0.2) is 4.79 Å². The molecule has 2 aromatic heterocycles. The minimum atomic E-state index is -0.322. The Morgan fingerprint density at radius 2 is 1.72 bits per heavy atom. The molecule has 3 aromatic carbocycles. The van der Waals surface area contributed by atoms with E-state index in [4.69, 9.17) is 4.42 Å². The second-order valence-electron chi connectivity index (χ2n) is 6.99. The van der Waals surface area contributed by atoms with Gasteiger partial charge in [0, 0.05) is 22.9 Å². The molecule has 0 radical (unpaired) electrons. The number of nitrogens with one attached hydrogen (secondary N) is 1. The van der Waals surface area contributed by atoms with Gasteiger partial charge in [-0.3, -0.25) is 0 Å². The van der Waals surface area contributed by atoms with E-state index in [0.717, 1.165) is 21.7 Å². The van der Waals surface area contributed by atoms with E-state index < -0.39 is 0 Å². The van der Waals surface area contributed by atoms with Gasteiger partial charge in [-0.05, 0) is 39.4 Å². The van der Waals surface area contributed by atoms with Crippen LogP contribution in [-0.4, -0.2) is 0 Å². The summed E-state index contributed by atoms with van der Waals surface area (Å²) in [6.45, 7) is 0.563. The second kappa shape index (κ2) is 7.66. The molecule has 29 heavy (non-hydrogen) atoms. The summed E-state index contributed by atoms with van der Waals surface area (Å²) in [5, 5.41) is 8.98. The predicted molar refractivity (Wildman–Crippen MR) is 119 cm³/mol. The molecule has 5 rings (SSSR count). The number of benzene rings is 3. The lowest BCUT2D eigenvalue weighted by Crippen LogP contribution is -2.22. The molecule has 0 saturated heterocycles. The predicted octanol–water partition coefficient (Wildman–Crippen LogP) is 5.89. The first-order valence-electron chi connectivity index (χ1n) is 9.56. The molecule has 0 bridgehead atoms. The molecule has 0 fully saturated rings. The summed E-state index contributed by atoms with van der Waals surface area (Å²) in [5.74, 6) is 0. The van der Waals surface area contributed by atoms with Gasteiger partial charge in [-0.1, -0.05) is 66.7 Å². The average Bonchev–Trinajstić information content (AvgIpc) is 3.28. The van der Waals surface area contributed by atoms with Crippen molar-refractivity contribution >= 4 is 33.1 Å². The van der Waals surface area contributed by atoms with Gasteiger partial charge in [0.15, 0.2) is 0 Å². The van der Waals surface area contributed by atoms with Gasteiger partial charge in [0.2, 0.25) is 0 Å². The SMILES string of the molecule is O=c1cc(CN[C@H](c2ccccc2)c2cccs2)c2c(ccc3ccccc32)o1. The molecule has 142 valence electrons. The van der Waals surface area contributed by atoms with Crippen LogP contribution in [0.15, 0.2) is 99.5 Å². The maximum absolute atomic E-state index is 12.2. The quantitative estimate of drug-likeness (QED) is 0.297. The van der Waals surface area contributed by atoms with E-state index in [0.29, 0.717) is 12.1 Å². The second-order valence-corrected chi connectivity index (χ2v) is 7.97. The summed E-state index contributed by atoms with van der Waals surface area (Å²) >= 11 is 1.73. The molecule has 1 N–H and O–H groups in total. The molecule has 0 aliphatic carbocycles. The van der Waals surface area contributed by atoms with E-state index in [1.807, 2.05) is 30.3 Å². The van der Waals surface area contributed by atoms with Gasteiger partial charge in [-0.2, -0.15) is 0 Å². The monoisotopic (exact) mass is 397 g/mol. The van der Waals surface area contributed by atoms with Crippen molar-refractivity contribution in [1.82, 2.24) is 5.32 Å². The van der Waals surface area contributed by atoms with Crippen LogP contribution in [0.5, 0.6) is 0 Å². The fraction of sp³-hybridized carbons (Fsp3) is 0.0800. The van der Waals surface area contributed by atoms with Crippen molar-refractivity contribution in [3.63, 3.8) is 0 Å². The molecule has 3 nitrogen and oxygen atoms in total. The fourth-order valence-electron chi connectivity index (χ4n) is 3.86. The molecule has 5 aromatic rings. The third-order valence-electron chi connectivity index (χ3n) is 5.17. The van der Waals surface area contributed by atoms with Gasteiger partial charge in [0.25, 0.3) is 0 Å². The lowest BCUT2D eigenvalue weighted by Gasteiger charge is -2.19. The Kier molecular flexibility index (Phi) is 4.72. The lowest BCUT2D eigenvalue weighted by atomic mass is 10.0. The maximum atomic E-state index is 12.2. The van der Waals surface area contributed by atoms with Crippen molar-refractivity contribution in [1.29, 1.82) is 0 Å². The number of thiophene rings is 1. The van der Waals surface area contributed by atoms with Gasteiger partial charge in [0.1, 0.15) is 5.58 Å². The molecule has 0 amide bonds. The fourth-order valence-corrected chi connectivity index (χ4v) is 4.68. The number of hydrogen-bond donors (Lipinski definition) is 1. The first-order chi connectivity index (χ1) is 14.3. The Morgan fingerprint density at radius 3 is 2.55 bits per heavy atom. The van der Waals surface area contributed by atoms with Crippen LogP contribution in [0.4, 0.5) is 0 Å². The highest BCUT2D eigenvalue weighted by Crippen LogP contribution is 2.30. The van der Waals surface area contributed by atoms with E-state index in [1.165, 1.54) is 10.4 Å². The first-order valence-corrected chi connectivity index (χ1v) is 10.4. The summed E-state index contributed by atoms with van der Waals surface area (Å²) in [4.78, 5) is 13.4.